The predicted molar refractivity (Wildman–Crippen MR) is 74.0 cm³/mol. The molecule has 0 saturated heterocycles. The molecule has 0 fully saturated rings. The van der Waals surface area contributed by atoms with Gasteiger partial charge >= 0.3 is 0 Å². The molecule has 5 heteroatoms. The number of rotatable bonds is 8. The molecule has 1 N–H and O–H groups in total. The van der Waals surface area contributed by atoms with E-state index in [1.807, 2.05) is 29.9 Å². The van der Waals surface area contributed by atoms with Crippen molar-refractivity contribution in [2.45, 2.75) is 26.4 Å². The zero-order chi connectivity index (χ0) is 13.3. The molecule has 1 aromatic heterocycles. The molecule has 0 aliphatic rings. The monoisotopic (exact) mass is 260 g/mol. The van der Waals surface area contributed by atoms with E-state index in [-0.39, 0.29) is 0 Å². The molecule has 1 aromatic carbocycles. The van der Waals surface area contributed by atoms with Gasteiger partial charge in [0.1, 0.15) is 5.75 Å². The fourth-order valence-electron chi connectivity index (χ4n) is 1.82. The fourth-order valence-corrected chi connectivity index (χ4v) is 1.82. The zero-order valence-electron chi connectivity index (χ0n) is 11.2. The summed E-state index contributed by atoms with van der Waals surface area (Å²) in [6, 6.07) is 8.21. The maximum Gasteiger partial charge on any atom is 0.119 e. The lowest BCUT2D eigenvalue weighted by Crippen LogP contribution is -2.16. The average Bonchev–Trinajstić information content (AvgIpc) is 2.94. The first-order chi connectivity index (χ1) is 9.38. The zero-order valence-corrected chi connectivity index (χ0v) is 11.2. The van der Waals surface area contributed by atoms with E-state index in [4.69, 9.17) is 4.74 Å². The van der Waals surface area contributed by atoms with E-state index >= 15 is 0 Å². The summed E-state index contributed by atoms with van der Waals surface area (Å²) < 4.78 is 7.25. The molecule has 1 heterocycles. The number of nitrogens with zero attached hydrogens (tertiary/aromatic N) is 3. The van der Waals surface area contributed by atoms with Crippen LogP contribution in [0.5, 0.6) is 5.75 Å². The Morgan fingerprint density at radius 3 is 2.79 bits per heavy atom. The van der Waals surface area contributed by atoms with Crippen LogP contribution in [0.4, 0.5) is 0 Å². The van der Waals surface area contributed by atoms with Crippen LogP contribution in [0.15, 0.2) is 36.7 Å². The van der Waals surface area contributed by atoms with E-state index in [0.29, 0.717) is 6.61 Å². The highest BCUT2D eigenvalue weighted by molar-refractivity contribution is 5.27. The standard InChI is InChI=1S/C14H20N4O/c1-2-19-14-6-4-13(5-7-14)12-15-8-3-10-18-11-9-16-17-18/h4-7,9,11,15H,2-3,8,10,12H2,1H3. The van der Waals surface area contributed by atoms with Gasteiger partial charge in [-0.2, -0.15) is 0 Å². The number of ether oxygens (including phenoxy) is 1. The van der Waals surface area contributed by atoms with E-state index in [0.717, 1.165) is 31.8 Å². The van der Waals surface area contributed by atoms with Gasteiger partial charge in [0.25, 0.3) is 0 Å². The Morgan fingerprint density at radius 2 is 2.11 bits per heavy atom. The van der Waals surface area contributed by atoms with Gasteiger partial charge in [0.2, 0.25) is 0 Å². The number of benzene rings is 1. The molecule has 102 valence electrons. The van der Waals surface area contributed by atoms with Crippen molar-refractivity contribution in [1.29, 1.82) is 0 Å². The Hall–Kier alpha value is -1.88. The Balaban J connectivity index is 1.62. The smallest absolute Gasteiger partial charge is 0.119 e. The third-order valence-corrected chi connectivity index (χ3v) is 2.78. The Bertz CT molecular complexity index is 453. The first kappa shape index (κ1) is 13.5. The van der Waals surface area contributed by atoms with Crippen LogP contribution in [0.1, 0.15) is 18.9 Å². The minimum atomic E-state index is 0.708. The SMILES string of the molecule is CCOc1ccc(CNCCCn2ccnn2)cc1. The molecule has 0 bridgehead atoms. The number of hydrogen-bond acceptors (Lipinski definition) is 4. The summed E-state index contributed by atoms with van der Waals surface area (Å²) in [5, 5.41) is 11.1. The molecular formula is C14H20N4O. The van der Waals surface area contributed by atoms with E-state index in [2.05, 4.69) is 27.8 Å². The van der Waals surface area contributed by atoms with Crippen LogP contribution in [-0.2, 0) is 13.1 Å². The van der Waals surface area contributed by atoms with Gasteiger partial charge in [-0.1, -0.05) is 17.3 Å². The van der Waals surface area contributed by atoms with Crippen LogP contribution in [0.25, 0.3) is 0 Å². The molecule has 0 unspecified atom stereocenters. The third kappa shape index (κ3) is 4.71. The Morgan fingerprint density at radius 1 is 1.26 bits per heavy atom. The maximum atomic E-state index is 5.41. The highest BCUT2D eigenvalue weighted by atomic mass is 16.5. The van der Waals surface area contributed by atoms with Crippen LogP contribution in [0.3, 0.4) is 0 Å². The van der Waals surface area contributed by atoms with Gasteiger partial charge in [0, 0.05) is 19.3 Å². The van der Waals surface area contributed by atoms with Gasteiger partial charge in [-0.25, -0.2) is 0 Å². The highest BCUT2D eigenvalue weighted by Crippen LogP contribution is 2.11. The van der Waals surface area contributed by atoms with Gasteiger partial charge in [-0.15, -0.1) is 5.10 Å². The summed E-state index contributed by atoms with van der Waals surface area (Å²) in [6.07, 6.45) is 4.63. The van der Waals surface area contributed by atoms with Crippen molar-refractivity contribution in [3.8, 4) is 5.75 Å². The summed E-state index contributed by atoms with van der Waals surface area (Å²) in [5.74, 6) is 0.928. The van der Waals surface area contributed by atoms with E-state index < -0.39 is 0 Å². The molecule has 0 aliphatic heterocycles. The number of aromatic nitrogens is 3. The maximum absolute atomic E-state index is 5.41. The van der Waals surface area contributed by atoms with Crippen LogP contribution in [-0.4, -0.2) is 28.1 Å². The van der Waals surface area contributed by atoms with Crippen molar-refractivity contribution in [2.75, 3.05) is 13.2 Å². The van der Waals surface area contributed by atoms with Crippen molar-refractivity contribution in [1.82, 2.24) is 20.3 Å². The number of aryl methyl sites for hydroxylation is 1. The molecular weight excluding hydrogens is 240 g/mol. The van der Waals surface area contributed by atoms with Gasteiger partial charge in [0.05, 0.1) is 12.8 Å². The van der Waals surface area contributed by atoms with Crippen molar-refractivity contribution in [3.63, 3.8) is 0 Å². The third-order valence-electron chi connectivity index (χ3n) is 2.78. The molecule has 2 aromatic rings. The summed E-state index contributed by atoms with van der Waals surface area (Å²) in [5.41, 5.74) is 1.27. The lowest BCUT2D eigenvalue weighted by atomic mass is 10.2. The molecule has 0 amide bonds. The minimum Gasteiger partial charge on any atom is -0.494 e. The largest absolute Gasteiger partial charge is 0.494 e. The van der Waals surface area contributed by atoms with E-state index in [1.54, 1.807) is 6.20 Å². The van der Waals surface area contributed by atoms with Gasteiger partial charge in [0.15, 0.2) is 0 Å². The first-order valence-electron chi connectivity index (χ1n) is 6.65. The second kappa shape index (κ2) is 7.53. The highest BCUT2D eigenvalue weighted by Gasteiger charge is 1.96. The Kier molecular flexibility index (Phi) is 5.37. The summed E-state index contributed by atoms with van der Waals surface area (Å²) in [7, 11) is 0. The first-order valence-corrected chi connectivity index (χ1v) is 6.65. The molecule has 19 heavy (non-hydrogen) atoms. The molecule has 0 aliphatic carbocycles. The van der Waals surface area contributed by atoms with Crippen LogP contribution in [0.2, 0.25) is 0 Å². The van der Waals surface area contributed by atoms with E-state index in [1.165, 1.54) is 5.56 Å². The topological polar surface area (TPSA) is 52.0 Å². The average molecular weight is 260 g/mol. The molecule has 0 saturated carbocycles. The number of nitrogens with one attached hydrogen (secondary N) is 1. The van der Waals surface area contributed by atoms with Crippen molar-refractivity contribution in [2.24, 2.45) is 0 Å². The molecule has 0 spiro atoms. The normalized spacial score (nSPS) is 10.6. The summed E-state index contributed by atoms with van der Waals surface area (Å²) in [4.78, 5) is 0. The van der Waals surface area contributed by atoms with E-state index in [9.17, 15) is 0 Å². The van der Waals surface area contributed by atoms with Crippen LogP contribution in [0, 0.1) is 0 Å². The predicted octanol–water partition coefficient (Wildman–Crippen LogP) is 1.86. The second-order valence-electron chi connectivity index (χ2n) is 4.27. The van der Waals surface area contributed by atoms with Gasteiger partial charge < -0.3 is 10.1 Å². The van der Waals surface area contributed by atoms with Crippen LogP contribution < -0.4 is 10.1 Å². The van der Waals surface area contributed by atoms with Crippen molar-refractivity contribution in [3.05, 3.63) is 42.2 Å². The minimum absolute atomic E-state index is 0.708. The molecule has 0 atom stereocenters. The summed E-state index contributed by atoms with van der Waals surface area (Å²) in [6.45, 7) is 5.44. The quantitative estimate of drug-likeness (QED) is 0.736. The lowest BCUT2D eigenvalue weighted by Gasteiger charge is -2.06. The van der Waals surface area contributed by atoms with Crippen molar-refractivity contribution >= 4 is 0 Å². The second-order valence-corrected chi connectivity index (χ2v) is 4.27. The lowest BCUT2D eigenvalue weighted by molar-refractivity contribution is 0.340. The fraction of sp³-hybridized carbons (Fsp3) is 0.429. The van der Waals surface area contributed by atoms with Gasteiger partial charge in [-0.05, 0) is 37.6 Å². The van der Waals surface area contributed by atoms with Gasteiger partial charge in [-0.3, -0.25) is 4.68 Å². The number of hydrogen-bond donors (Lipinski definition) is 1. The van der Waals surface area contributed by atoms with Crippen LogP contribution >= 0.6 is 0 Å². The van der Waals surface area contributed by atoms with Crippen molar-refractivity contribution < 1.29 is 4.74 Å². The Labute approximate surface area is 113 Å². The molecule has 2 rings (SSSR count). The molecule has 5 nitrogen and oxygen atoms in total. The summed E-state index contributed by atoms with van der Waals surface area (Å²) >= 11 is 0. The molecule has 0 radical (unpaired) electrons.